The Morgan fingerprint density at radius 1 is 1.48 bits per heavy atom. The highest BCUT2D eigenvalue weighted by molar-refractivity contribution is 7.13. The minimum Gasteiger partial charge on any atom is -0.435 e. The summed E-state index contributed by atoms with van der Waals surface area (Å²) in [5.41, 5.74) is 5.46. The SMILES string of the molecule is C=C(c1ccc2nc(-c3cccs3)oc2c1)C(C)CC(=O)NN. The standard InChI is InChI=1S/C17H17N3O2S/c1-10(8-16(21)20-18)11(2)12-5-6-13-14(9-12)22-17(19-13)15-4-3-7-23-15/h3-7,9-10H,2,8,18H2,1H3,(H,20,21). The number of hydrogen-bond acceptors (Lipinski definition) is 5. The van der Waals surface area contributed by atoms with Gasteiger partial charge in [-0.3, -0.25) is 10.2 Å². The van der Waals surface area contributed by atoms with Crippen molar-refractivity contribution < 1.29 is 9.21 Å². The van der Waals surface area contributed by atoms with Crippen LogP contribution in [0.3, 0.4) is 0 Å². The van der Waals surface area contributed by atoms with E-state index < -0.39 is 0 Å². The van der Waals surface area contributed by atoms with Gasteiger partial charge in [-0.05, 0) is 40.6 Å². The summed E-state index contributed by atoms with van der Waals surface area (Å²) < 4.78 is 5.84. The molecule has 118 valence electrons. The molecular formula is C17H17N3O2S. The van der Waals surface area contributed by atoms with E-state index in [1.165, 1.54) is 0 Å². The fourth-order valence-corrected chi connectivity index (χ4v) is 3.02. The van der Waals surface area contributed by atoms with Crippen LogP contribution in [0.15, 0.2) is 46.7 Å². The Kier molecular flexibility index (Phi) is 4.27. The molecule has 6 heteroatoms. The lowest BCUT2D eigenvalue weighted by atomic mass is 9.92. The molecule has 2 heterocycles. The van der Waals surface area contributed by atoms with Crippen molar-refractivity contribution in [1.29, 1.82) is 0 Å². The number of carbonyl (C=O) groups excluding carboxylic acids is 1. The highest BCUT2D eigenvalue weighted by atomic mass is 32.1. The first-order valence-electron chi connectivity index (χ1n) is 7.21. The van der Waals surface area contributed by atoms with Gasteiger partial charge < -0.3 is 4.42 Å². The first kappa shape index (κ1) is 15.5. The van der Waals surface area contributed by atoms with Crippen molar-refractivity contribution >= 4 is 33.9 Å². The minimum absolute atomic E-state index is 0.0179. The van der Waals surface area contributed by atoms with Gasteiger partial charge in [0, 0.05) is 6.42 Å². The predicted molar refractivity (Wildman–Crippen MR) is 92.5 cm³/mol. The number of aromatic nitrogens is 1. The van der Waals surface area contributed by atoms with Crippen molar-refractivity contribution in [2.24, 2.45) is 11.8 Å². The fraction of sp³-hybridized carbons (Fsp3) is 0.176. The summed E-state index contributed by atoms with van der Waals surface area (Å²) in [4.78, 5) is 16.9. The summed E-state index contributed by atoms with van der Waals surface area (Å²) in [5.74, 6) is 5.52. The summed E-state index contributed by atoms with van der Waals surface area (Å²) in [6.07, 6.45) is 0.296. The maximum atomic E-state index is 11.4. The molecule has 0 radical (unpaired) electrons. The van der Waals surface area contributed by atoms with E-state index in [0.29, 0.717) is 17.9 Å². The summed E-state index contributed by atoms with van der Waals surface area (Å²) in [6.45, 7) is 6.04. The Morgan fingerprint density at radius 2 is 2.30 bits per heavy atom. The number of nitrogens with zero attached hydrogens (tertiary/aromatic N) is 1. The number of nitrogens with one attached hydrogen (secondary N) is 1. The third-order valence-electron chi connectivity index (χ3n) is 3.74. The van der Waals surface area contributed by atoms with Crippen molar-refractivity contribution in [2.75, 3.05) is 0 Å². The molecule has 3 N–H and O–H groups in total. The highest BCUT2D eigenvalue weighted by Crippen LogP contribution is 2.31. The maximum absolute atomic E-state index is 11.4. The highest BCUT2D eigenvalue weighted by Gasteiger charge is 2.15. The number of carbonyl (C=O) groups is 1. The minimum atomic E-state index is -0.209. The molecule has 3 aromatic rings. The quantitative estimate of drug-likeness (QED) is 0.426. The molecular weight excluding hydrogens is 310 g/mol. The van der Waals surface area contributed by atoms with Crippen LogP contribution in [0, 0.1) is 5.92 Å². The monoisotopic (exact) mass is 327 g/mol. The molecule has 0 fully saturated rings. The van der Waals surface area contributed by atoms with E-state index in [2.05, 4.69) is 17.0 Å². The van der Waals surface area contributed by atoms with E-state index in [1.54, 1.807) is 11.3 Å². The molecule has 3 rings (SSSR count). The molecule has 0 aliphatic heterocycles. The van der Waals surface area contributed by atoms with E-state index >= 15 is 0 Å². The molecule has 0 saturated heterocycles. The van der Waals surface area contributed by atoms with Gasteiger partial charge in [0.1, 0.15) is 5.52 Å². The number of oxazole rings is 1. The van der Waals surface area contributed by atoms with Gasteiger partial charge in [0.05, 0.1) is 4.88 Å². The molecule has 0 aliphatic rings. The molecule has 1 amide bonds. The fourth-order valence-electron chi connectivity index (χ4n) is 2.37. The van der Waals surface area contributed by atoms with E-state index in [1.807, 2.05) is 42.6 Å². The summed E-state index contributed by atoms with van der Waals surface area (Å²) in [6, 6.07) is 9.71. The lowest BCUT2D eigenvalue weighted by Crippen LogP contribution is -2.31. The molecule has 1 unspecified atom stereocenters. The number of benzene rings is 1. The Balaban J connectivity index is 1.88. The molecule has 2 aromatic heterocycles. The normalized spacial score (nSPS) is 12.3. The number of thiophene rings is 1. The Morgan fingerprint density at radius 3 is 3.00 bits per heavy atom. The van der Waals surface area contributed by atoms with Crippen molar-refractivity contribution in [3.63, 3.8) is 0 Å². The van der Waals surface area contributed by atoms with Crippen molar-refractivity contribution in [2.45, 2.75) is 13.3 Å². The predicted octanol–water partition coefficient (Wildman–Crippen LogP) is 3.59. The van der Waals surface area contributed by atoms with Crippen LogP contribution in [-0.4, -0.2) is 10.9 Å². The van der Waals surface area contributed by atoms with Gasteiger partial charge in [0.2, 0.25) is 11.8 Å². The first-order valence-corrected chi connectivity index (χ1v) is 8.09. The average Bonchev–Trinajstić information content (AvgIpc) is 3.21. The van der Waals surface area contributed by atoms with Crippen LogP contribution in [0.4, 0.5) is 0 Å². The van der Waals surface area contributed by atoms with Crippen LogP contribution in [0.2, 0.25) is 0 Å². The topological polar surface area (TPSA) is 81.2 Å². The average molecular weight is 327 g/mol. The smallest absolute Gasteiger partial charge is 0.237 e. The maximum Gasteiger partial charge on any atom is 0.237 e. The molecule has 5 nitrogen and oxygen atoms in total. The number of hydrazine groups is 1. The van der Waals surface area contributed by atoms with Gasteiger partial charge in [-0.1, -0.05) is 25.6 Å². The van der Waals surface area contributed by atoms with E-state index in [-0.39, 0.29) is 11.8 Å². The second kappa shape index (κ2) is 6.36. The zero-order valence-electron chi connectivity index (χ0n) is 12.7. The van der Waals surface area contributed by atoms with Gasteiger partial charge in [-0.25, -0.2) is 10.8 Å². The van der Waals surface area contributed by atoms with Gasteiger partial charge in [-0.15, -0.1) is 11.3 Å². The van der Waals surface area contributed by atoms with E-state index in [4.69, 9.17) is 10.3 Å². The van der Waals surface area contributed by atoms with Crippen LogP contribution < -0.4 is 11.3 Å². The number of amides is 1. The molecule has 0 bridgehead atoms. The molecule has 0 saturated carbocycles. The van der Waals surface area contributed by atoms with E-state index in [9.17, 15) is 4.79 Å². The van der Waals surface area contributed by atoms with Crippen molar-refractivity contribution in [3.8, 4) is 10.8 Å². The lowest BCUT2D eigenvalue weighted by Gasteiger charge is -2.13. The Bertz CT molecular complexity index is 852. The largest absolute Gasteiger partial charge is 0.435 e. The van der Waals surface area contributed by atoms with Crippen LogP contribution in [-0.2, 0) is 4.79 Å². The zero-order valence-corrected chi connectivity index (χ0v) is 13.5. The third-order valence-corrected chi connectivity index (χ3v) is 4.60. The Labute approximate surface area is 137 Å². The summed E-state index contributed by atoms with van der Waals surface area (Å²) in [7, 11) is 0. The third kappa shape index (κ3) is 3.18. The first-order chi connectivity index (χ1) is 11.1. The molecule has 1 atom stereocenters. The lowest BCUT2D eigenvalue weighted by molar-refractivity contribution is -0.121. The number of rotatable bonds is 5. The summed E-state index contributed by atoms with van der Waals surface area (Å²) >= 11 is 1.59. The van der Waals surface area contributed by atoms with Crippen LogP contribution in [0.25, 0.3) is 27.4 Å². The van der Waals surface area contributed by atoms with Crippen LogP contribution in [0.1, 0.15) is 18.9 Å². The molecule has 0 aliphatic carbocycles. The number of hydrogen-bond donors (Lipinski definition) is 2. The van der Waals surface area contributed by atoms with Gasteiger partial charge in [0.25, 0.3) is 0 Å². The number of allylic oxidation sites excluding steroid dienone is 1. The molecule has 0 spiro atoms. The van der Waals surface area contributed by atoms with Gasteiger partial charge in [-0.2, -0.15) is 0 Å². The molecule has 23 heavy (non-hydrogen) atoms. The van der Waals surface area contributed by atoms with Gasteiger partial charge >= 0.3 is 0 Å². The van der Waals surface area contributed by atoms with Crippen LogP contribution >= 0.6 is 11.3 Å². The Hall–Kier alpha value is -2.44. The van der Waals surface area contributed by atoms with Crippen molar-refractivity contribution in [3.05, 3.63) is 47.9 Å². The van der Waals surface area contributed by atoms with E-state index in [0.717, 1.165) is 21.5 Å². The molecule has 1 aromatic carbocycles. The second-order valence-corrected chi connectivity index (χ2v) is 6.32. The zero-order chi connectivity index (χ0) is 16.4. The number of nitrogens with two attached hydrogens (primary N) is 1. The van der Waals surface area contributed by atoms with Gasteiger partial charge in [0.15, 0.2) is 5.58 Å². The summed E-state index contributed by atoms with van der Waals surface area (Å²) in [5, 5.41) is 1.99. The second-order valence-electron chi connectivity index (χ2n) is 5.38. The van der Waals surface area contributed by atoms with Crippen LogP contribution in [0.5, 0.6) is 0 Å². The number of fused-ring (bicyclic) bond motifs is 1. The van der Waals surface area contributed by atoms with Crippen molar-refractivity contribution in [1.82, 2.24) is 10.4 Å².